The Morgan fingerprint density at radius 3 is 2.15 bits per heavy atom. The van der Waals surface area contributed by atoms with Crippen LogP contribution in [-0.2, 0) is 20.0 Å². The van der Waals surface area contributed by atoms with Crippen molar-refractivity contribution in [1.29, 1.82) is 0 Å². The third kappa shape index (κ3) is 7.47. The zero-order valence-electron chi connectivity index (χ0n) is 23.1. The number of hydrogen-bond donors (Lipinski definition) is 0. The summed E-state index contributed by atoms with van der Waals surface area (Å²) in [7, 11) is -9.00. The fraction of sp³-hybridized carbons (Fsp3) is 0.520. The third-order valence-electron chi connectivity index (χ3n) is 6.53. The van der Waals surface area contributed by atoms with E-state index in [9.17, 15) is 25.6 Å². The standard InChI is InChI=1S/C25H32F2N6O6S2/c1-16(2)24-30-23(31-39-24)18-14-28-25(29-15-18)32-9-7-17(8-10-32)6-5-11-38-19-12-20(26)22(21(27)13-19)33(40(3,34)35)41(4,36)37/h12-17H,5-11H2,1-4H3. The molecular formula is C25H32F2N6O6S2. The van der Waals surface area contributed by atoms with Crippen molar-refractivity contribution in [2.24, 2.45) is 5.92 Å². The lowest BCUT2D eigenvalue weighted by molar-refractivity contribution is 0.277. The van der Waals surface area contributed by atoms with Crippen molar-refractivity contribution in [3.8, 4) is 17.1 Å². The number of rotatable bonds is 11. The van der Waals surface area contributed by atoms with Crippen LogP contribution in [0.15, 0.2) is 29.0 Å². The summed E-state index contributed by atoms with van der Waals surface area (Å²) in [4.78, 5) is 15.4. The summed E-state index contributed by atoms with van der Waals surface area (Å²) < 4.78 is 87.2. The number of aromatic nitrogens is 4. The van der Waals surface area contributed by atoms with E-state index in [0.29, 0.717) is 48.1 Å². The van der Waals surface area contributed by atoms with E-state index in [4.69, 9.17) is 9.26 Å². The number of ether oxygens (including phenoxy) is 1. The van der Waals surface area contributed by atoms with Gasteiger partial charge in [0.05, 0.1) is 24.7 Å². The average Bonchev–Trinajstić information content (AvgIpc) is 3.39. The molecule has 0 N–H and O–H groups in total. The van der Waals surface area contributed by atoms with Crippen LogP contribution in [0.5, 0.6) is 5.75 Å². The molecular weight excluding hydrogens is 582 g/mol. The maximum Gasteiger partial charge on any atom is 0.245 e. The average molecular weight is 615 g/mol. The van der Waals surface area contributed by atoms with E-state index < -0.39 is 37.4 Å². The first-order chi connectivity index (χ1) is 19.2. The molecule has 0 spiro atoms. The lowest BCUT2D eigenvalue weighted by atomic mass is 9.92. The van der Waals surface area contributed by atoms with E-state index in [1.165, 1.54) is 0 Å². The van der Waals surface area contributed by atoms with Crippen LogP contribution in [-0.4, -0.2) is 69.2 Å². The number of piperidine rings is 1. The number of anilines is 2. The molecule has 0 saturated carbocycles. The Balaban J connectivity index is 1.25. The van der Waals surface area contributed by atoms with Crippen molar-refractivity contribution in [1.82, 2.24) is 20.1 Å². The Bertz CT molecular complexity index is 1520. The summed E-state index contributed by atoms with van der Waals surface area (Å²) >= 11 is 0. The summed E-state index contributed by atoms with van der Waals surface area (Å²) in [6, 6.07) is 1.54. The van der Waals surface area contributed by atoms with Crippen LogP contribution < -0.4 is 13.3 Å². The van der Waals surface area contributed by atoms with Gasteiger partial charge in [-0.3, -0.25) is 0 Å². The summed E-state index contributed by atoms with van der Waals surface area (Å²) in [6.07, 6.45) is 7.75. The highest BCUT2D eigenvalue weighted by Crippen LogP contribution is 2.32. The van der Waals surface area contributed by atoms with Crippen molar-refractivity contribution in [3.63, 3.8) is 0 Å². The quantitative estimate of drug-likeness (QED) is 0.291. The molecule has 0 radical (unpaired) electrons. The summed E-state index contributed by atoms with van der Waals surface area (Å²) in [5.41, 5.74) is -0.514. The molecule has 0 aliphatic carbocycles. The molecule has 1 fully saturated rings. The van der Waals surface area contributed by atoms with E-state index in [2.05, 4.69) is 25.0 Å². The van der Waals surface area contributed by atoms with Crippen LogP contribution in [0.25, 0.3) is 11.4 Å². The number of halogens is 2. The van der Waals surface area contributed by atoms with E-state index in [1.807, 2.05) is 13.8 Å². The molecule has 0 bridgehead atoms. The second kappa shape index (κ2) is 12.2. The van der Waals surface area contributed by atoms with E-state index >= 15 is 0 Å². The predicted molar refractivity (Wildman–Crippen MR) is 148 cm³/mol. The second-order valence-electron chi connectivity index (χ2n) is 10.3. The lowest BCUT2D eigenvalue weighted by Crippen LogP contribution is -2.36. The molecule has 224 valence electrons. The molecule has 0 unspecified atom stereocenters. The van der Waals surface area contributed by atoms with Gasteiger partial charge in [0.15, 0.2) is 11.6 Å². The minimum atomic E-state index is -4.50. The van der Waals surface area contributed by atoms with Crippen molar-refractivity contribution in [2.75, 3.05) is 40.8 Å². The van der Waals surface area contributed by atoms with Crippen molar-refractivity contribution in [3.05, 3.63) is 42.1 Å². The molecule has 12 nitrogen and oxygen atoms in total. The van der Waals surface area contributed by atoms with Gasteiger partial charge in [-0.2, -0.15) is 8.69 Å². The zero-order valence-corrected chi connectivity index (χ0v) is 24.8. The first kappa shape index (κ1) is 30.6. The van der Waals surface area contributed by atoms with Crippen LogP contribution in [0, 0.1) is 17.6 Å². The number of benzene rings is 1. The maximum absolute atomic E-state index is 14.6. The molecule has 1 aliphatic rings. The van der Waals surface area contributed by atoms with Crippen LogP contribution in [0.1, 0.15) is 51.3 Å². The van der Waals surface area contributed by atoms with Gasteiger partial charge in [0, 0.05) is 43.5 Å². The highest BCUT2D eigenvalue weighted by molar-refractivity contribution is 8.09. The third-order valence-corrected chi connectivity index (χ3v) is 9.73. The lowest BCUT2D eigenvalue weighted by Gasteiger charge is -2.32. The van der Waals surface area contributed by atoms with Gasteiger partial charge in [-0.1, -0.05) is 19.0 Å². The van der Waals surface area contributed by atoms with E-state index in [-0.39, 0.29) is 22.0 Å². The van der Waals surface area contributed by atoms with Gasteiger partial charge in [0.1, 0.15) is 11.4 Å². The fourth-order valence-corrected chi connectivity index (χ4v) is 7.53. The molecule has 0 atom stereocenters. The number of nitrogens with zero attached hydrogens (tertiary/aromatic N) is 6. The molecule has 1 aliphatic heterocycles. The minimum absolute atomic E-state index is 0.130. The largest absolute Gasteiger partial charge is 0.493 e. The number of hydrogen-bond acceptors (Lipinski definition) is 11. The Kier molecular flexibility index (Phi) is 9.11. The Morgan fingerprint density at radius 2 is 1.63 bits per heavy atom. The van der Waals surface area contributed by atoms with Gasteiger partial charge in [-0.25, -0.2) is 35.6 Å². The van der Waals surface area contributed by atoms with E-state index in [1.54, 1.807) is 12.4 Å². The van der Waals surface area contributed by atoms with Crippen LogP contribution in [0.3, 0.4) is 0 Å². The Hall–Kier alpha value is -3.40. The first-order valence-corrected chi connectivity index (χ1v) is 16.7. The molecule has 3 heterocycles. The molecule has 16 heteroatoms. The Labute approximate surface area is 237 Å². The summed E-state index contributed by atoms with van der Waals surface area (Å²) in [5.74, 6) is -0.704. The highest BCUT2D eigenvalue weighted by atomic mass is 32.3. The number of sulfonamides is 2. The molecule has 1 aromatic carbocycles. The van der Waals surface area contributed by atoms with E-state index in [0.717, 1.165) is 44.5 Å². The van der Waals surface area contributed by atoms with Gasteiger partial charge in [-0.05, 0) is 31.6 Å². The monoisotopic (exact) mass is 614 g/mol. The van der Waals surface area contributed by atoms with Gasteiger partial charge in [0.2, 0.25) is 37.7 Å². The molecule has 1 saturated heterocycles. The summed E-state index contributed by atoms with van der Waals surface area (Å²) in [5, 5.41) is 3.98. The minimum Gasteiger partial charge on any atom is -0.493 e. The molecule has 41 heavy (non-hydrogen) atoms. The van der Waals surface area contributed by atoms with Crippen molar-refractivity contribution < 1.29 is 34.9 Å². The van der Waals surface area contributed by atoms with Crippen LogP contribution in [0.4, 0.5) is 20.4 Å². The molecule has 4 rings (SSSR count). The molecule has 3 aromatic rings. The molecule has 0 amide bonds. The second-order valence-corrected chi connectivity index (χ2v) is 14.2. The first-order valence-electron chi connectivity index (χ1n) is 13.0. The van der Waals surface area contributed by atoms with Gasteiger partial charge >= 0.3 is 0 Å². The van der Waals surface area contributed by atoms with Crippen LogP contribution in [0.2, 0.25) is 0 Å². The SMILES string of the molecule is CC(C)c1nc(-c2cnc(N3CCC(CCCOc4cc(F)c(N(S(C)(=O)=O)S(C)(=O)=O)c(F)c4)CC3)nc2)no1. The highest BCUT2D eigenvalue weighted by Gasteiger charge is 2.33. The molecule has 2 aromatic heterocycles. The predicted octanol–water partition coefficient (Wildman–Crippen LogP) is 3.73. The van der Waals surface area contributed by atoms with Crippen molar-refractivity contribution in [2.45, 2.75) is 45.4 Å². The topological polar surface area (TPSA) is 149 Å². The normalized spacial score (nSPS) is 15.0. The van der Waals surface area contributed by atoms with Crippen molar-refractivity contribution >= 4 is 31.7 Å². The fourth-order valence-electron chi connectivity index (χ4n) is 4.55. The smallest absolute Gasteiger partial charge is 0.245 e. The van der Waals surface area contributed by atoms with Gasteiger partial charge < -0.3 is 14.2 Å². The maximum atomic E-state index is 14.6. The Morgan fingerprint density at radius 1 is 1.05 bits per heavy atom. The summed E-state index contributed by atoms with van der Waals surface area (Å²) in [6.45, 7) is 5.67. The van der Waals surface area contributed by atoms with Crippen LogP contribution >= 0.6 is 0 Å². The zero-order chi connectivity index (χ0) is 29.9. The van der Waals surface area contributed by atoms with Gasteiger partial charge in [-0.15, -0.1) is 0 Å². The van der Waals surface area contributed by atoms with Gasteiger partial charge in [0.25, 0.3) is 0 Å².